The van der Waals surface area contributed by atoms with Crippen molar-refractivity contribution in [1.82, 2.24) is 15.2 Å². The summed E-state index contributed by atoms with van der Waals surface area (Å²) in [7, 11) is 0. The quantitative estimate of drug-likeness (QED) is 0.892. The van der Waals surface area contributed by atoms with E-state index in [4.69, 9.17) is 5.11 Å². The molecule has 0 spiro atoms. The number of nitrogens with zero attached hydrogens (tertiary/aromatic N) is 2. The predicted molar refractivity (Wildman–Crippen MR) is 75.6 cm³/mol. The van der Waals surface area contributed by atoms with Crippen molar-refractivity contribution in [2.24, 2.45) is 5.92 Å². The number of carbonyl (C=O) groups is 2. The Morgan fingerprint density at radius 1 is 1.60 bits per heavy atom. The van der Waals surface area contributed by atoms with Gasteiger partial charge in [0, 0.05) is 17.5 Å². The fourth-order valence-corrected chi connectivity index (χ4v) is 3.17. The molecule has 2 rings (SSSR count). The van der Waals surface area contributed by atoms with E-state index in [1.807, 2.05) is 13.8 Å². The molecule has 20 heavy (non-hydrogen) atoms. The van der Waals surface area contributed by atoms with E-state index < -0.39 is 5.97 Å². The number of aliphatic carboxylic acids is 1. The van der Waals surface area contributed by atoms with Crippen LogP contribution in [0.5, 0.6) is 0 Å². The number of urea groups is 1. The Bertz CT molecular complexity index is 503. The lowest BCUT2D eigenvalue weighted by Gasteiger charge is -2.36. The molecule has 2 atom stereocenters. The van der Waals surface area contributed by atoms with Gasteiger partial charge in [0.2, 0.25) is 0 Å². The number of thiazole rings is 1. The van der Waals surface area contributed by atoms with E-state index in [9.17, 15) is 9.59 Å². The Kier molecular flexibility index (Phi) is 4.59. The van der Waals surface area contributed by atoms with Crippen LogP contribution in [0.3, 0.4) is 0 Å². The van der Waals surface area contributed by atoms with Crippen molar-refractivity contribution < 1.29 is 14.7 Å². The van der Waals surface area contributed by atoms with Gasteiger partial charge in [-0.15, -0.1) is 11.3 Å². The van der Waals surface area contributed by atoms with E-state index in [0.29, 0.717) is 25.9 Å². The van der Waals surface area contributed by atoms with Gasteiger partial charge >= 0.3 is 12.0 Å². The summed E-state index contributed by atoms with van der Waals surface area (Å²) in [6.07, 6.45) is 1.04. The van der Waals surface area contributed by atoms with E-state index >= 15 is 0 Å². The molecule has 1 saturated heterocycles. The first kappa shape index (κ1) is 14.8. The van der Waals surface area contributed by atoms with Crippen molar-refractivity contribution >= 4 is 23.3 Å². The zero-order valence-corrected chi connectivity index (χ0v) is 12.4. The number of carbonyl (C=O) groups excluding carboxylic acids is 1. The maximum Gasteiger partial charge on any atom is 0.317 e. The molecule has 1 aliphatic heterocycles. The monoisotopic (exact) mass is 297 g/mol. The number of aromatic nitrogens is 1. The minimum Gasteiger partial charge on any atom is -0.481 e. The maximum atomic E-state index is 12.1. The van der Waals surface area contributed by atoms with Gasteiger partial charge in [0.05, 0.1) is 23.7 Å². The summed E-state index contributed by atoms with van der Waals surface area (Å²) < 4.78 is 0. The number of piperidine rings is 1. The highest BCUT2D eigenvalue weighted by Crippen LogP contribution is 2.23. The Labute approximate surface area is 121 Å². The molecule has 0 aromatic carbocycles. The fraction of sp³-hybridized carbons (Fsp3) is 0.615. The number of rotatable bonds is 3. The van der Waals surface area contributed by atoms with Crippen LogP contribution in [0, 0.1) is 12.8 Å². The number of aryl methyl sites for hydroxylation is 1. The SMILES string of the molecule is Cc1ncsc1CNC(=O)N1CCC(C(=O)O)CC1C. The third kappa shape index (κ3) is 3.27. The summed E-state index contributed by atoms with van der Waals surface area (Å²) in [5.74, 6) is -1.10. The normalized spacial score (nSPS) is 22.6. The number of hydrogen-bond donors (Lipinski definition) is 2. The van der Waals surface area contributed by atoms with Gasteiger partial charge in [-0.25, -0.2) is 9.78 Å². The molecular weight excluding hydrogens is 278 g/mol. The van der Waals surface area contributed by atoms with Crippen LogP contribution in [0.1, 0.15) is 30.3 Å². The van der Waals surface area contributed by atoms with Crippen molar-refractivity contribution in [3.8, 4) is 0 Å². The number of amides is 2. The fourth-order valence-electron chi connectivity index (χ4n) is 2.45. The topological polar surface area (TPSA) is 82.5 Å². The Morgan fingerprint density at radius 3 is 2.90 bits per heavy atom. The van der Waals surface area contributed by atoms with E-state index in [0.717, 1.165) is 10.6 Å². The van der Waals surface area contributed by atoms with E-state index in [2.05, 4.69) is 10.3 Å². The van der Waals surface area contributed by atoms with Gasteiger partial charge in [-0.1, -0.05) is 0 Å². The lowest BCUT2D eigenvalue weighted by Crippen LogP contribution is -2.49. The maximum absolute atomic E-state index is 12.1. The van der Waals surface area contributed by atoms with Gasteiger partial charge in [-0.05, 0) is 26.7 Å². The third-order valence-electron chi connectivity index (χ3n) is 3.73. The Morgan fingerprint density at radius 2 is 2.35 bits per heavy atom. The highest BCUT2D eigenvalue weighted by Gasteiger charge is 2.32. The zero-order valence-electron chi connectivity index (χ0n) is 11.6. The summed E-state index contributed by atoms with van der Waals surface area (Å²) in [6, 6.07) is -0.179. The lowest BCUT2D eigenvalue weighted by atomic mass is 9.92. The van der Waals surface area contributed by atoms with Crippen LogP contribution in [0.15, 0.2) is 5.51 Å². The first-order chi connectivity index (χ1) is 9.49. The van der Waals surface area contributed by atoms with Crippen LogP contribution in [0.4, 0.5) is 4.79 Å². The standard InChI is InChI=1S/C13H19N3O3S/c1-8-5-10(12(17)18)3-4-16(8)13(19)14-6-11-9(2)15-7-20-11/h7-8,10H,3-6H2,1-2H3,(H,14,19)(H,17,18). The summed E-state index contributed by atoms with van der Waals surface area (Å²) >= 11 is 1.52. The van der Waals surface area contributed by atoms with Gasteiger partial charge in [-0.2, -0.15) is 0 Å². The smallest absolute Gasteiger partial charge is 0.317 e. The molecule has 0 bridgehead atoms. The molecule has 2 N–H and O–H groups in total. The average Bonchev–Trinajstić information content (AvgIpc) is 2.81. The molecule has 0 saturated carbocycles. The molecule has 2 heterocycles. The van der Waals surface area contributed by atoms with Crippen LogP contribution in [0.2, 0.25) is 0 Å². The second-order valence-electron chi connectivity index (χ2n) is 5.12. The minimum absolute atomic E-state index is 0.0487. The van der Waals surface area contributed by atoms with Gasteiger partial charge in [-0.3, -0.25) is 4.79 Å². The largest absolute Gasteiger partial charge is 0.481 e. The van der Waals surface area contributed by atoms with Crippen LogP contribution >= 0.6 is 11.3 Å². The van der Waals surface area contributed by atoms with Crippen molar-refractivity contribution in [3.05, 3.63) is 16.1 Å². The van der Waals surface area contributed by atoms with Crippen molar-refractivity contribution in [3.63, 3.8) is 0 Å². The number of hydrogen-bond acceptors (Lipinski definition) is 4. The molecule has 7 heteroatoms. The summed E-state index contributed by atoms with van der Waals surface area (Å²) in [6.45, 7) is 4.78. The Hall–Kier alpha value is -1.63. The average molecular weight is 297 g/mol. The molecule has 1 fully saturated rings. The predicted octanol–water partition coefficient (Wildman–Crippen LogP) is 1.85. The summed E-state index contributed by atoms with van der Waals surface area (Å²) in [5.41, 5.74) is 2.70. The van der Waals surface area contributed by atoms with E-state index in [1.54, 1.807) is 10.4 Å². The van der Waals surface area contributed by atoms with Crippen molar-refractivity contribution in [2.75, 3.05) is 6.54 Å². The number of likely N-dealkylation sites (tertiary alicyclic amines) is 1. The Balaban J connectivity index is 1.87. The molecule has 1 aromatic heterocycles. The second kappa shape index (κ2) is 6.21. The van der Waals surface area contributed by atoms with Crippen LogP contribution in [-0.2, 0) is 11.3 Å². The number of nitrogens with one attached hydrogen (secondary N) is 1. The molecule has 110 valence electrons. The van der Waals surface area contributed by atoms with Crippen molar-refractivity contribution in [2.45, 2.75) is 39.3 Å². The van der Waals surface area contributed by atoms with E-state index in [-0.39, 0.29) is 18.0 Å². The van der Waals surface area contributed by atoms with Gasteiger partial charge in [0.25, 0.3) is 0 Å². The molecule has 2 amide bonds. The molecule has 1 aromatic rings. The zero-order chi connectivity index (χ0) is 14.7. The molecule has 6 nitrogen and oxygen atoms in total. The lowest BCUT2D eigenvalue weighted by molar-refractivity contribution is -0.143. The molecule has 0 radical (unpaired) electrons. The van der Waals surface area contributed by atoms with E-state index in [1.165, 1.54) is 11.3 Å². The van der Waals surface area contributed by atoms with Crippen LogP contribution in [0.25, 0.3) is 0 Å². The first-order valence-corrected chi connectivity index (χ1v) is 7.53. The van der Waals surface area contributed by atoms with Gasteiger partial charge in [0.15, 0.2) is 0 Å². The van der Waals surface area contributed by atoms with Gasteiger partial charge in [0.1, 0.15) is 0 Å². The second-order valence-corrected chi connectivity index (χ2v) is 6.06. The highest BCUT2D eigenvalue weighted by molar-refractivity contribution is 7.09. The van der Waals surface area contributed by atoms with Crippen LogP contribution in [-0.4, -0.2) is 39.6 Å². The summed E-state index contributed by atoms with van der Waals surface area (Å²) in [4.78, 5) is 30.0. The van der Waals surface area contributed by atoms with Gasteiger partial charge < -0.3 is 15.3 Å². The third-order valence-corrected chi connectivity index (χ3v) is 4.67. The summed E-state index contributed by atoms with van der Waals surface area (Å²) in [5, 5.41) is 11.9. The minimum atomic E-state index is -0.766. The highest BCUT2D eigenvalue weighted by atomic mass is 32.1. The van der Waals surface area contributed by atoms with Crippen molar-refractivity contribution in [1.29, 1.82) is 0 Å². The van der Waals surface area contributed by atoms with Crippen LogP contribution < -0.4 is 5.32 Å². The molecule has 1 aliphatic rings. The number of carboxylic acids is 1. The molecule has 2 unspecified atom stereocenters. The molecular formula is C13H19N3O3S. The first-order valence-electron chi connectivity index (χ1n) is 6.65. The molecule has 0 aliphatic carbocycles. The number of carboxylic acid groups (broad SMARTS) is 1.